The van der Waals surface area contributed by atoms with Crippen molar-refractivity contribution in [3.63, 3.8) is 0 Å². The molecule has 1 N–H and O–H groups in total. The van der Waals surface area contributed by atoms with Gasteiger partial charge < -0.3 is 14.7 Å². The highest BCUT2D eigenvalue weighted by Crippen LogP contribution is 2.29. The lowest BCUT2D eigenvalue weighted by atomic mass is 10.2. The molecule has 0 amide bonds. The second-order valence-electron chi connectivity index (χ2n) is 6.30. The SMILES string of the molecule is CC(C)(O)CSc1nnc(N2CCOCC2)n1-c1cccc(F)c1. The number of anilines is 1. The summed E-state index contributed by atoms with van der Waals surface area (Å²) in [6, 6.07) is 6.36. The van der Waals surface area contributed by atoms with Gasteiger partial charge >= 0.3 is 0 Å². The number of rotatable bonds is 5. The molecule has 0 radical (unpaired) electrons. The maximum atomic E-state index is 13.7. The number of nitrogens with zero attached hydrogens (tertiary/aromatic N) is 4. The van der Waals surface area contributed by atoms with Gasteiger partial charge in [-0.3, -0.25) is 4.57 Å². The zero-order valence-electron chi connectivity index (χ0n) is 13.8. The van der Waals surface area contributed by atoms with Crippen LogP contribution in [-0.2, 0) is 4.74 Å². The van der Waals surface area contributed by atoms with Crippen LogP contribution in [0.3, 0.4) is 0 Å². The molecule has 2 heterocycles. The summed E-state index contributed by atoms with van der Waals surface area (Å²) in [5, 5.41) is 19.2. The van der Waals surface area contributed by atoms with E-state index in [1.807, 2.05) is 10.6 Å². The van der Waals surface area contributed by atoms with E-state index in [1.54, 1.807) is 19.9 Å². The molecule has 0 atom stereocenters. The first kappa shape index (κ1) is 17.2. The maximum Gasteiger partial charge on any atom is 0.232 e. The molecule has 3 rings (SSSR count). The Morgan fingerprint density at radius 3 is 2.71 bits per heavy atom. The van der Waals surface area contributed by atoms with Gasteiger partial charge in [0.2, 0.25) is 5.95 Å². The molecule has 0 spiro atoms. The molecule has 1 aliphatic heterocycles. The Bertz CT molecular complexity index is 696. The van der Waals surface area contributed by atoms with Crippen LogP contribution in [0.25, 0.3) is 5.69 Å². The van der Waals surface area contributed by atoms with Gasteiger partial charge in [-0.25, -0.2) is 4.39 Å². The highest BCUT2D eigenvalue weighted by Gasteiger charge is 2.23. The van der Waals surface area contributed by atoms with Crippen LogP contribution in [0, 0.1) is 5.82 Å². The van der Waals surface area contributed by atoms with Crippen molar-refractivity contribution in [1.82, 2.24) is 14.8 Å². The molecule has 8 heteroatoms. The zero-order valence-corrected chi connectivity index (χ0v) is 14.6. The Kier molecular flexibility index (Phi) is 5.07. The Labute approximate surface area is 144 Å². The van der Waals surface area contributed by atoms with E-state index in [-0.39, 0.29) is 5.82 Å². The Morgan fingerprint density at radius 1 is 1.29 bits per heavy atom. The summed E-state index contributed by atoms with van der Waals surface area (Å²) < 4.78 is 20.9. The van der Waals surface area contributed by atoms with Crippen molar-refractivity contribution in [1.29, 1.82) is 0 Å². The minimum atomic E-state index is -0.831. The topological polar surface area (TPSA) is 63.4 Å². The van der Waals surface area contributed by atoms with Crippen molar-refractivity contribution in [3.8, 4) is 5.69 Å². The number of morpholine rings is 1. The van der Waals surface area contributed by atoms with Crippen LogP contribution >= 0.6 is 11.8 Å². The van der Waals surface area contributed by atoms with E-state index in [2.05, 4.69) is 15.1 Å². The average molecular weight is 352 g/mol. The predicted octanol–water partition coefficient (Wildman–Crippen LogP) is 2.11. The average Bonchev–Trinajstić information content (AvgIpc) is 2.97. The quantitative estimate of drug-likeness (QED) is 0.832. The van der Waals surface area contributed by atoms with Crippen LogP contribution in [-0.4, -0.2) is 57.5 Å². The summed E-state index contributed by atoms with van der Waals surface area (Å²) >= 11 is 1.40. The molecule has 1 aromatic carbocycles. The zero-order chi connectivity index (χ0) is 17.2. The van der Waals surface area contributed by atoms with Crippen LogP contribution in [0.1, 0.15) is 13.8 Å². The summed E-state index contributed by atoms with van der Waals surface area (Å²) in [6.45, 7) is 6.16. The molecule has 1 saturated heterocycles. The Morgan fingerprint density at radius 2 is 2.04 bits per heavy atom. The molecule has 1 aliphatic rings. The number of halogens is 1. The minimum absolute atomic E-state index is 0.312. The third kappa shape index (κ3) is 4.06. The predicted molar refractivity (Wildman–Crippen MR) is 91.4 cm³/mol. The van der Waals surface area contributed by atoms with E-state index < -0.39 is 5.60 Å². The van der Waals surface area contributed by atoms with Crippen molar-refractivity contribution in [3.05, 3.63) is 30.1 Å². The number of aliphatic hydroxyl groups is 1. The van der Waals surface area contributed by atoms with Gasteiger partial charge in [-0.05, 0) is 32.0 Å². The number of aromatic nitrogens is 3. The summed E-state index contributed by atoms with van der Waals surface area (Å²) in [5.41, 5.74) is -0.164. The molecule has 1 fully saturated rings. The lowest BCUT2D eigenvalue weighted by molar-refractivity contribution is 0.107. The smallest absolute Gasteiger partial charge is 0.232 e. The van der Waals surface area contributed by atoms with Gasteiger partial charge in [-0.1, -0.05) is 17.8 Å². The van der Waals surface area contributed by atoms with E-state index in [1.165, 1.54) is 23.9 Å². The molecule has 24 heavy (non-hydrogen) atoms. The summed E-state index contributed by atoms with van der Waals surface area (Å²) in [4.78, 5) is 2.08. The van der Waals surface area contributed by atoms with Gasteiger partial charge in [0.25, 0.3) is 0 Å². The standard InChI is InChI=1S/C16H21FN4O2S/c1-16(2,22)11-24-15-19-18-14(20-6-8-23-9-7-20)21(15)13-5-3-4-12(17)10-13/h3-5,10,22H,6-9,11H2,1-2H3. The van der Waals surface area contributed by atoms with Gasteiger partial charge in [0.05, 0.1) is 24.5 Å². The van der Waals surface area contributed by atoms with Gasteiger partial charge in [0.1, 0.15) is 5.82 Å². The normalized spacial score (nSPS) is 15.8. The molecular formula is C16H21FN4O2S. The van der Waals surface area contributed by atoms with Crippen LogP contribution in [0.5, 0.6) is 0 Å². The lowest BCUT2D eigenvalue weighted by Gasteiger charge is -2.28. The first-order chi connectivity index (χ1) is 11.4. The fraction of sp³-hybridized carbons (Fsp3) is 0.500. The number of ether oxygens (including phenoxy) is 1. The Hall–Kier alpha value is -1.64. The molecule has 130 valence electrons. The molecular weight excluding hydrogens is 331 g/mol. The van der Waals surface area contributed by atoms with Gasteiger partial charge in [-0.15, -0.1) is 10.2 Å². The van der Waals surface area contributed by atoms with E-state index in [0.29, 0.717) is 48.8 Å². The fourth-order valence-electron chi connectivity index (χ4n) is 2.41. The first-order valence-corrected chi connectivity index (χ1v) is 8.82. The number of hydrogen-bond donors (Lipinski definition) is 1. The minimum Gasteiger partial charge on any atom is -0.390 e. The summed E-state index contributed by atoms with van der Waals surface area (Å²) in [7, 11) is 0. The Balaban J connectivity index is 1.98. The van der Waals surface area contributed by atoms with Gasteiger partial charge in [0, 0.05) is 18.8 Å². The fourth-order valence-corrected chi connectivity index (χ4v) is 3.30. The monoisotopic (exact) mass is 352 g/mol. The van der Waals surface area contributed by atoms with Crippen molar-refractivity contribution in [2.75, 3.05) is 37.0 Å². The van der Waals surface area contributed by atoms with Crippen LogP contribution < -0.4 is 4.90 Å². The maximum absolute atomic E-state index is 13.7. The number of thioether (sulfide) groups is 1. The van der Waals surface area contributed by atoms with Gasteiger partial charge in [0.15, 0.2) is 5.16 Å². The van der Waals surface area contributed by atoms with E-state index >= 15 is 0 Å². The number of benzene rings is 1. The third-order valence-corrected chi connectivity index (χ3v) is 4.90. The highest BCUT2D eigenvalue weighted by atomic mass is 32.2. The third-order valence-electron chi connectivity index (χ3n) is 3.53. The molecule has 0 unspecified atom stereocenters. The van der Waals surface area contributed by atoms with Crippen LogP contribution in [0.4, 0.5) is 10.3 Å². The number of hydrogen-bond acceptors (Lipinski definition) is 6. The molecule has 2 aromatic rings. The van der Waals surface area contributed by atoms with E-state index in [9.17, 15) is 9.50 Å². The largest absolute Gasteiger partial charge is 0.390 e. The molecule has 1 aromatic heterocycles. The molecule has 0 aliphatic carbocycles. The lowest BCUT2D eigenvalue weighted by Crippen LogP contribution is -2.37. The second-order valence-corrected chi connectivity index (χ2v) is 7.24. The van der Waals surface area contributed by atoms with Crippen LogP contribution in [0.2, 0.25) is 0 Å². The van der Waals surface area contributed by atoms with E-state index in [4.69, 9.17) is 4.74 Å². The van der Waals surface area contributed by atoms with Crippen molar-refractivity contribution in [2.24, 2.45) is 0 Å². The van der Waals surface area contributed by atoms with Crippen molar-refractivity contribution in [2.45, 2.75) is 24.6 Å². The molecule has 0 bridgehead atoms. The van der Waals surface area contributed by atoms with E-state index in [0.717, 1.165) is 0 Å². The molecule has 0 saturated carbocycles. The van der Waals surface area contributed by atoms with Crippen molar-refractivity contribution >= 4 is 17.7 Å². The first-order valence-electron chi connectivity index (χ1n) is 7.83. The summed E-state index contributed by atoms with van der Waals surface area (Å²) in [6.07, 6.45) is 0. The molecule has 6 nitrogen and oxygen atoms in total. The highest BCUT2D eigenvalue weighted by molar-refractivity contribution is 7.99. The van der Waals surface area contributed by atoms with Crippen molar-refractivity contribution < 1.29 is 14.2 Å². The summed E-state index contributed by atoms with van der Waals surface area (Å²) in [5.74, 6) is 0.818. The van der Waals surface area contributed by atoms with Crippen LogP contribution in [0.15, 0.2) is 29.4 Å². The van der Waals surface area contributed by atoms with Gasteiger partial charge in [-0.2, -0.15) is 0 Å². The second kappa shape index (κ2) is 7.08.